The van der Waals surface area contributed by atoms with Gasteiger partial charge < -0.3 is 15.8 Å². The minimum atomic E-state index is -0.619. The maximum atomic E-state index is 11.8. The van der Waals surface area contributed by atoms with E-state index >= 15 is 0 Å². The number of ether oxygens (including phenoxy) is 1. The van der Waals surface area contributed by atoms with Gasteiger partial charge in [-0.2, -0.15) is 5.26 Å². The van der Waals surface area contributed by atoms with Crippen molar-refractivity contribution in [1.82, 2.24) is 5.32 Å². The second-order valence-electron chi connectivity index (χ2n) is 4.62. The van der Waals surface area contributed by atoms with Gasteiger partial charge in [-0.1, -0.05) is 19.8 Å². The van der Waals surface area contributed by atoms with Gasteiger partial charge in [-0.05, 0) is 31.5 Å². The third-order valence-corrected chi connectivity index (χ3v) is 2.89. The highest BCUT2D eigenvalue weighted by Crippen LogP contribution is 2.23. The SMILES string of the molecule is CCCCCNC(=O)C(C)Oc1ccc(C#N)cc1N. The summed E-state index contributed by atoms with van der Waals surface area (Å²) in [5.74, 6) is 0.255. The average molecular weight is 275 g/mol. The minimum absolute atomic E-state index is 0.162. The zero-order valence-corrected chi connectivity index (χ0v) is 12.0. The molecule has 1 atom stereocenters. The van der Waals surface area contributed by atoms with Gasteiger partial charge in [0.1, 0.15) is 5.75 Å². The monoisotopic (exact) mass is 275 g/mol. The van der Waals surface area contributed by atoms with Gasteiger partial charge >= 0.3 is 0 Å². The van der Waals surface area contributed by atoms with E-state index in [1.165, 1.54) is 6.07 Å². The Morgan fingerprint density at radius 3 is 2.85 bits per heavy atom. The Labute approximate surface area is 119 Å². The summed E-state index contributed by atoms with van der Waals surface area (Å²) in [6.45, 7) is 4.44. The first-order chi connectivity index (χ1) is 9.58. The Morgan fingerprint density at radius 2 is 2.25 bits per heavy atom. The van der Waals surface area contributed by atoms with Gasteiger partial charge in [-0.25, -0.2) is 0 Å². The molecule has 1 aromatic carbocycles. The largest absolute Gasteiger partial charge is 0.479 e. The first kappa shape index (κ1) is 15.8. The predicted molar refractivity (Wildman–Crippen MR) is 78.2 cm³/mol. The second kappa shape index (κ2) is 8.05. The van der Waals surface area contributed by atoms with E-state index in [1.807, 2.05) is 6.07 Å². The molecule has 0 saturated carbocycles. The summed E-state index contributed by atoms with van der Waals surface area (Å²) in [4.78, 5) is 11.8. The Kier molecular flexibility index (Phi) is 6.38. The Bertz CT molecular complexity index is 494. The highest BCUT2D eigenvalue weighted by atomic mass is 16.5. The molecule has 20 heavy (non-hydrogen) atoms. The number of nitrogens with two attached hydrogens (primary N) is 1. The molecule has 0 spiro atoms. The van der Waals surface area contributed by atoms with Crippen LogP contribution >= 0.6 is 0 Å². The van der Waals surface area contributed by atoms with Crippen LogP contribution in [0.3, 0.4) is 0 Å². The topological polar surface area (TPSA) is 88.1 Å². The van der Waals surface area contributed by atoms with Crippen molar-refractivity contribution in [2.24, 2.45) is 0 Å². The molecule has 0 fully saturated rings. The van der Waals surface area contributed by atoms with Crippen LogP contribution in [-0.2, 0) is 4.79 Å². The minimum Gasteiger partial charge on any atom is -0.479 e. The highest BCUT2D eigenvalue weighted by Gasteiger charge is 2.15. The molecule has 1 aromatic rings. The number of nitrogens with zero attached hydrogens (tertiary/aromatic N) is 1. The molecule has 5 nitrogen and oxygen atoms in total. The smallest absolute Gasteiger partial charge is 0.260 e. The molecule has 0 heterocycles. The molecule has 0 aliphatic carbocycles. The molecule has 3 N–H and O–H groups in total. The summed E-state index contributed by atoms with van der Waals surface area (Å²) in [6.07, 6.45) is 2.56. The molecule has 0 aliphatic rings. The highest BCUT2D eigenvalue weighted by molar-refractivity contribution is 5.80. The van der Waals surface area contributed by atoms with Crippen molar-refractivity contribution in [2.75, 3.05) is 12.3 Å². The number of carbonyl (C=O) groups is 1. The third-order valence-electron chi connectivity index (χ3n) is 2.89. The first-order valence-electron chi connectivity index (χ1n) is 6.82. The lowest BCUT2D eigenvalue weighted by Crippen LogP contribution is -2.36. The van der Waals surface area contributed by atoms with Crippen LogP contribution in [0.15, 0.2) is 18.2 Å². The van der Waals surface area contributed by atoms with Crippen LogP contribution < -0.4 is 15.8 Å². The number of anilines is 1. The summed E-state index contributed by atoms with van der Waals surface area (Å²) in [5.41, 5.74) is 6.60. The molecule has 0 bridgehead atoms. The summed E-state index contributed by atoms with van der Waals surface area (Å²) < 4.78 is 5.52. The Morgan fingerprint density at radius 1 is 1.50 bits per heavy atom. The fourth-order valence-corrected chi connectivity index (χ4v) is 1.70. The molecule has 1 unspecified atom stereocenters. The number of carbonyl (C=O) groups excluding carboxylic acids is 1. The maximum Gasteiger partial charge on any atom is 0.260 e. The lowest BCUT2D eigenvalue weighted by molar-refractivity contribution is -0.127. The number of hydrogen-bond donors (Lipinski definition) is 2. The molecule has 108 valence electrons. The van der Waals surface area contributed by atoms with Crippen molar-refractivity contribution >= 4 is 11.6 Å². The maximum absolute atomic E-state index is 11.8. The number of amides is 1. The van der Waals surface area contributed by atoms with Gasteiger partial charge in [0, 0.05) is 6.54 Å². The first-order valence-corrected chi connectivity index (χ1v) is 6.82. The summed E-state index contributed by atoms with van der Waals surface area (Å²) in [5, 5.41) is 11.6. The van der Waals surface area contributed by atoms with Crippen LogP contribution in [0.1, 0.15) is 38.7 Å². The number of rotatable bonds is 7. The average Bonchev–Trinajstić information content (AvgIpc) is 2.45. The van der Waals surface area contributed by atoms with Crippen molar-refractivity contribution in [3.05, 3.63) is 23.8 Å². The number of nitriles is 1. The molecular formula is C15H21N3O2. The second-order valence-corrected chi connectivity index (χ2v) is 4.62. The van der Waals surface area contributed by atoms with E-state index < -0.39 is 6.10 Å². The number of nitrogens with one attached hydrogen (secondary N) is 1. The van der Waals surface area contributed by atoms with E-state index in [2.05, 4.69) is 12.2 Å². The van der Waals surface area contributed by atoms with Crippen molar-refractivity contribution in [2.45, 2.75) is 39.2 Å². The molecule has 1 amide bonds. The van der Waals surface area contributed by atoms with E-state index in [-0.39, 0.29) is 5.91 Å². The predicted octanol–water partition coefficient (Wildman–Crippen LogP) is 2.21. The Balaban J connectivity index is 2.51. The lowest BCUT2D eigenvalue weighted by Gasteiger charge is -2.16. The number of hydrogen-bond acceptors (Lipinski definition) is 4. The molecule has 0 aliphatic heterocycles. The normalized spacial score (nSPS) is 11.4. The van der Waals surface area contributed by atoms with E-state index in [0.717, 1.165) is 19.3 Å². The standard InChI is InChI=1S/C15H21N3O2/c1-3-4-5-8-18-15(19)11(2)20-14-7-6-12(10-16)9-13(14)17/h6-7,9,11H,3-5,8,17H2,1-2H3,(H,18,19). The van der Waals surface area contributed by atoms with Crippen LogP contribution in [0.25, 0.3) is 0 Å². The molecule has 0 saturated heterocycles. The number of benzene rings is 1. The Hall–Kier alpha value is -2.22. The van der Waals surface area contributed by atoms with E-state index in [4.69, 9.17) is 15.7 Å². The van der Waals surface area contributed by atoms with E-state index in [9.17, 15) is 4.79 Å². The third kappa shape index (κ3) is 4.81. The molecular weight excluding hydrogens is 254 g/mol. The van der Waals surface area contributed by atoms with Crippen LogP contribution in [-0.4, -0.2) is 18.6 Å². The summed E-state index contributed by atoms with van der Waals surface area (Å²) in [6, 6.07) is 6.74. The van der Waals surface area contributed by atoms with Crippen LogP contribution in [0.5, 0.6) is 5.75 Å². The van der Waals surface area contributed by atoms with Gasteiger partial charge in [0.2, 0.25) is 0 Å². The quantitative estimate of drug-likeness (QED) is 0.590. The van der Waals surface area contributed by atoms with Crippen molar-refractivity contribution in [3.8, 4) is 11.8 Å². The molecule has 0 radical (unpaired) electrons. The van der Waals surface area contributed by atoms with Crippen molar-refractivity contribution in [1.29, 1.82) is 5.26 Å². The number of unbranched alkanes of at least 4 members (excludes halogenated alkanes) is 2. The van der Waals surface area contributed by atoms with Crippen molar-refractivity contribution in [3.63, 3.8) is 0 Å². The van der Waals surface area contributed by atoms with Gasteiger partial charge in [0.25, 0.3) is 5.91 Å². The summed E-state index contributed by atoms with van der Waals surface area (Å²) in [7, 11) is 0. The van der Waals surface area contributed by atoms with E-state index in [1.54, 1.807) is 19.1 Å². The van der Waals surface area contributed by atoms with Crippen LogP contribution in [0.2, 0.25) is 0 Å². The molecule has 5 heteroatoms. The molecule has 1 rings (SSSR count). The van der Waals surface area contributed by atoms with Gasteiger partial charge in [-0.3, -0.25) is 4.79 Å². The summed E-state index contributed by atoms with van der Waals surface area (Å²) >= 11 is 0. The number of nitrogen functional groups attached to an aromatic ring is 1. The van der Waals surface area contributed by atoms with Gasteiger partial charge in [0.15, 0.2) is 6.10 Å². The van der Waals surface area contributed by atoms with Gasteiger partial charge in [0.05, 0.1) is 17.3 Å². The lowest BCUT2D eigenvalue weighted by atomic mass is 10.2. The van der Waals surface area contributed by atoms with Crippen molar-refractivity contribution < 1.29 is 9.53 Å². The zero-order valence-electron chi connectivity index (χ0n) is 12.0. The fourth-order valence-electron chi connectivity index (χ4n) is 1.70. The van der Waals surface area contributed by atoms with Crippen LogP contribution in [0, 0.1) is 11.3 Å². The van der Waals surface area contributed by atoms with E-state index in [0.29, 0.717) is 23.5 Å². The van der Waals surface area contributed by atoms with Crippen LogP contribution in [0.4, 0.5) is 5.69 Å². The van der Waals surface area contributed by atoms with Gasteiger partial charge in [-0.15, -0.1) is 0 Å². The zero-order chi connectivity index (χ0) is 15.0. The molecule has 0 aromatic heterocycles. The fraction of sp³-hybridized carbons (Fsp3) is 0.467.